The molecule has 0 fully saturated rings. The average Bonchev–Trinajstić information content (AvgIpc) is 2.68. The molecule has 0 bridgehead atoms. The molecule has 0 aliphatic carbocycles. The minimum absolute atomic E-state index is 0.0948. The number of aromatic hydroxyl groups is 1. The lowest BCUT2D eigenvalue weighted by molar-refractivity contribution is -0.138. The molecule has 3 aromatic rings. The fourth-order valence-electron chi connectivity index (χ4n) is 2.49. The molecule has 0 atom stereocenters. The molecule has 0 spiro atoms. The van der Waals surface area contributed by atoms with Crippen LogP contribution in [0.25, 0.3) is 22.1 Å². The van der Waals surface area contributed by atoms with Crippen LogP contribution in [-0.4, -0.2) is 23.7 Å². The van der Waals surface area contributed by atoms with E-state index in [1.165, 1.54) is 36.6 Å². The number of ether oxygens (including phenoxy) is 2. The molecule has 1 N–H and O–H groups in total. The number of hydrogen-bond acceptors (Lipinski definition) is 7. The Bertz CT molecular complexity index is 1110. The highest BCUT2D eigenvalue weighted by Crippen LogP contribution is 2.24. The first-order valence-corrected chi connectivity index (χ1v) is 8.39. The molecule has 1 heterocycles. The summed E-state index contributed by atoms with van der Waals surface area (Å²) in [6, 6.07) is 10.5. The van der Waals surface area contributed by atoms with Gasteiger partial charge in [0.15, 0.2) is 5.43 Å². The summed E-state index contributed by atoms with van der Waals surface area (Å²) in [4.78, 5) is 35.7. The number of phenols is 1. The van der Waals surface area contributed by atoms with E-state index in [2.05, 4.69) is 4.74 Å². The zero-order chi connectivity index (χ0) is 20.1. The molecule has 7 nitrogen and oxygen atoms in total. The van der Waals surface area contributed by atoms with E-state index in [-0.39, 0.29) is 29.1 Å². The van der Waals surface area contributed by atoms with E-state index in [0.29, 0.717) is 16.5 Å². The van der Waals surface area contributed by atoms with Crippen molar-refractivity contribution in [2.75, 3.05) is 6.61 Å². The van der Waals surface area contributed by atoms with Crippen LogP contribution >= 0.6 is 0 Å². The zero-order valence-electron chi connectivity index (χ0n) is 14.9. The van der Waals surface area contributed by atoms with Crippen LogP contribution in [0.1, 0.15) is 6.92 Å². The van der Waals surface area contributed by atoms with Crippen LogP contribution in [0.3, 0.4) is 0 Å². The van der Waals surface area contributed by atoms with E-state index in [1.807, 2.05) is 0 Å². The van der Waals surface area contributed by atoms with Gasteiger partial charge in [0, 0.05) is 18.2 Å². The first-order chi connectivity index (χ1) is 13.5. The van der Waals surface area contributed by atoms with E-state index in [4.69, 9.17) is 9.15 Å². The van der Waals surface area contributed by atoms with Crippen LogP contribution in [0, 0.1) is 0 Å². The van der Waals surface area contributed by atoms with Gasteiger partial charge in [0.2, 0.25) is 0 Å². The minimum Gasteiger partial charge on any atom is -0.508 e. The summed E-state index contributed by atoms with van der Waals surface area (Å²) in [7, 11) is 0. The molecular formula is C21H16O7. The van der Waals surface area contributed by atoms with Crippen LogP contribution in [0.15, 0.2) is 70.1 Å². The van der Waals surface area contributed by atoms with Gasteiger partial charge in [-0.3, -0.25) is 4.79 Å². The highest BCUT2D eigenvalue weighted by atomic mass is 16.5. The van der Waals surface area contributed by atoms with E-state index >= 15 is 0 Å². The SMILES string of the molecule is CCOC(=O)/C=C/C(=O)Oc1ccc2c(=O)c(-c3ccc(O)cc3)coc2c1. The Hall–Kier alpha value is -3.87. The Kier molecular flexibility index (Phi) is 5.55. The third-order valence-electron chi connectivity index (χ3n) is 3.78. The van der Waals surface area contributed by atoms with Gasteiger partial charge in [-0.15, -0.1) is 0 Å². The summed E-state index contributed by atoms with van der Waals surface area (Å²) in [5, 5.41) is 9.68. The number of esters is 2. The van der Waals surface area contributed by atoms with Gasteiger partial charge in [-0.2, -0.15) is 0 Å². The lowest BCUT2D eigenvalue weighted by atomic mass is 10.1. The van der Waals surface area contributed by atoms with Crippen molar-refractivity contribution >= 4 is 22.9 Å². The van der Waals surface area contributed by atoms with Gasteiger partial charge in [0.25, 0.3) is 0 Å². The van der Waals surface area contributed by atoms with Crippen molar-refractivity contribution in [2.24, 2.45) is 0 Å². The van der Waals surface area contributed by atoms with Crippen molar-refractivity contribution in [3.63, 3.8) is 0 Å². The van der Waals surface area contributed by atoms with Crippen LogP contribution in [0.4, 0.5) is 0 Å². The molecular weight excluding hydrogens is 364 g/mol. The highest BCUT2D eigenvalue weighted by molar-refractivity contribution is 5.93. The fraction of sp³-hybridized carbons (Fsp3) is 0.0952. The van der Waals surface area contributed by atoms with Crippen LogP contribution < -0.4 is 10.2 Å². The van der Waals surface area contributed by atoms with Crippen molar-refractivity contribution in [1.82, 2.24) is 0 Å². The number of benzene rings is 2. The smallest absolute Gasteiger partial charge is 0.336 e. The molecule has 3 rings (SSSR count). The van der Waals surface area contributed by atoms with Gasteiger partial charge in [-0.05, 0) is 36.8 Å². The first kappa shape index (κ1) is 18.9. The standard InChI is InChI=1S/C21H16O7/c1-2-26-19(23)9-10-20(24)28-15-7-8-16-18(11-15)27-12-17(21(16)25)13-3-5-14(22)6-4-13/h3-12,22H,2H2,1H3/b10-9+. The Morgan fingerprint density at radius 1 is 1.07 bits per heavy atom. The van der Waals surface area contributed by atoms with Crippen LogP contribution in [-0.2, 0) is 14.3 Å². The molecule has 2 aromatic carbocycles. The van der Waals surface area contributed by atoms with Crippen molar-refractivity contribution in [3.05, 3.63) is 71.1 Å². The average molecular weight is 380 g/mol. The Balaban J connectivity index is 1.84. The third-order valence-corrected chi connectivity index (χ3v) is 3.78. The summed E-state index contributed by atoms with van der Waals surface area (Å²) >= 11 is 0. The molecule has 0 aliphatic heterocycles. The van der Waals surface area contributed by atoms with E-state index in [1.54, 1.807) is 19.1 Å². The summed E-state index contributed by atoms with van der Waals surface area (Å²) in [5.74, 6) is -1.16. The number of carbonyl (C=O) groups excluding carboxylic acids is 2. The first-order valence-electron chi connectivity index (χ1n) is 8.39. The van der Waals surface area contributed by atoms with Gasteiger partial charge in [0.1, 0.15) is 23.3 Å². The summed E-state index contributed by atoms with van der Waals surface area (Å²) in [6.07, 6.45) is 3.23. The van der Waals surface area contributed by atoms with Gasteiger partial charge >= 0.3 is 11.9 Å². The van der Waals surface area contributed by atoms with Gasteiger partial charge < -0.3 is 19.0 Å². The van der Waals surface area contributed by atoms with E-state index in [9.17, 15) is 19.5 Å². The lowest BCUT2D eigenvalue weighted by Crippen LogP contribution is -2.07. The van der Waals surface area contributed by atoms with Crippen LogP contribution in [0.5, 0.6) is 11.5 Å². The maximum Gasteiger partial charge on any atom is 0.336 e. The topological polar surface area (TPSA) is 103 Å². The molecule has 7 heteroatoms. The normalized spacial score (nSPS) is 10.9. The molecule has 142 valence electrons. The van der Waals surface area contributed by atoms with E-state index < -0.39 is 11.9 Å². The molecule has 28 heavy (non-hydrogen) atoms. The number of carbonyl (C=O) groups is 2. The lowest BCUT2D eigenvalue weighted by Gasteiger charge is -2.05. The van der Waals surface area contributed by atoms with Gasteiger partial charge in [-0.1, -0.05) is 12.1 Å². The summed E-state index contributed by atoms with van der Waals surface area (Å²) in [6.45, 7) is 1.86. The van der Waals surface area contributed by atoms with Crippen molar-refractivity contribution < 1.29 is 28.6 Å². The minimum atomic E-state index is -0.768. The number of fused-ring (bicyclic) bond motifs is 1. The molecule has 0 unspecified atom stereocenters. The zero-order valence-corrected chi connectivity index (χ0v) is 14.9. The van der Waals surface area contributed by atoms with Crippen molar-refractivity contribution in [3.8, 4) is 22.6 Å². The predicted molar refractivity (Wildman–Crippen MR) is 101 cm³/mol. The second kappa shape index (κ2) is 8.22. The summed E-state index contributed by atoms with van der Waals surface area (Å²) in [5.41, 5.74) is 0.932. The maximum atomic E-state index is 12.7. The number of hydrogen-bond donors (Lipinski definition) is 1. The highest BCUT2D eigenvalue weighted by Gasteiger charge is 2.11. The second-order valence-electron chi connectivity index (χ2n) is 5.69. The molecule has 0 radical (unpaired) electrons. The second-order valence-corrected chi connectivity index (χ2v) is 5.69. The number of rotatable bonds is 5. The molecule has 0 saturated heterocycles. The Labute approximate surface area is 159 Å². The largest absolute Gasteiger partial charge is 0.508 e. The maximum absolute atomic E-state index is 12.7. The van der Waals surface area contributed by atoms with Crippen molar-refractivity contribution in [1.29, 1.82) is 0 Å². The molecule has 0 amide bonds. The quantitative estimate of drug-likeness (QED) is 0.412. The van der Waals surface area contributed by atoms with Gasteiger partial charge in [-0.25, -0.2) is 9.59 Å². The van der Waals surface area contributed by atoms with E-state index in [0.717, 1.165) is 12.2 Å². The molecule has 0 aliphatic rings. The van der Waals surface area contributed by atoms with Crippen LogP contribution in [0.2, 0.25) is 0 Å². The number of phenolic OH excluding ortho intramolecular Hbond substituents is 1. The van der Waals surface area contributed by atoms with Gasteiger partial charge in [0.05, 0.1) is 17.6 Å². The fourth-order valence-corrected chi connectivity index (χ4v) is 2.49. The monoisotopic (exact) mass is 380 g/mol. The molecule has 0 saturated carbocycles. The summed E-state index contributed by atoms with van der Waals surface area (Å²) < 4.78 is 15.3. The third kappa shape index (κ3) is 4.27. The predicted octanol–water partition coefficient (Wildman–Crippen LogP) is 3.19. The molecule has 1 aromatic heterocycles. The van der Waals surface area contributed by atoms with Crippen molar-refractivity contribution in [2.45, 2.75) is 6.92 Å². The Morgan fingerprint density at radius 2 is 1.79 bits per heavy atom. The Morgan fingerprint density at radius 3 is 2.50 bits per heavy atom.